The van der Waals surface area contributed by atoms with Crippen LogP contribution in [-0.2, 0) is 12.8 Å². The fourth-order valence-corrected chi connectivity index (χ4v) is 3.54. The number of likely N-dealkylation sites (tertiary alicyclic amines) is 1. The van der Waals surface area contributed by atoms with Crippen LogP contribution in [0.1, 0.15) is 36.8 Å². The van der Waals surface area contributed by atoms with E-state index in [1.54, 1.807) is 0 Å². The molecule has 3 heteroatoms. The smallest absolute Gasteiger partial charge is 0.122 e. The quantitative estimate of drug-likeness (QED) is 0.689. The molecule has 0 atom stereocenters. The molecule has 2 aromatic carbocycles. The van der Waals surface area contributed by atoms with Crippen molar-refractivity contribution >= 4 is 0 Å². The van der Waals surface area contributed by atoms with E-state index in [1.807, 2.05) is 0 Å². The molecule has 0 aliphatic carbocycles. The number of unbranched alkanes of at least 4 members (excludes halogenated alkanes) is 1. The van der Waals surface area contributed by atoms with Crippen LogP contribution in [0.5, 0.6) is 5.75 Å². The number of benzene rings is 2. The summed E-state index contributed by atoms with van der Waals surface area (Å²) in [5, 5.41) is 9.56. The van der Waals surface area contributed by atoms with E-state index in [0.29, 0.717) is 0 Å². The monoisotopic (exact) mass is 353 g/mol. The standard InChI is InChI=1S/C23H31NO2/c25-22-14-17-24(18-15-22)16-6-7-19-26-23-11-5-4-10-21(23)13-12-20-8-2-1-3-9-20/h1-5,8-11,22,25H,6-7,12-19H2. The Morgan fingerprint density at radius 2 is 1.62 bits per heavy atom. The number of aliphatic hydroxyl groups is 1. The maximum Gasteiger partial charge on any atom is 0.122 e. The molecule has 0 unspecified atom stereocenters. The van der Waals surface area contributed by atoms with Gasteiger partial charge >= 0.3 is 0 Å². The Hall–Kier alpha value is -1.84. The van der Waals surface area contributed by atoms with Crippen molar-refractivity contribution in [3.63, 3.8) is 0 Å². The molecule has 1 saturated heterocycles. The second-order valence-corrected chi connectivity index (χ2v) is 7.22. The molecule has 26 heavy (non-hydrogen) atoms. The number of nitrogens with zero attached hydrogens (tertiary/aromatic N) is 1. The molecule has 2 aromatic rings. The molecule has 140 valence electrons. The molecule has 3 rings (SSSR count). The van der Waals surface area contributed by atoms with E-state index < -0.39 is 0 Å². The molecular weight excluding hydrogens is 322 g/mol. The van der Waals surface area contributed by atoms with Crippen LogP contribution in [0, 0.1) is 0 Å². The molecule has 0 bridgehead atoms. The van der Waals surface area contributed by atoms with Crippen molar-refractivity contribution in [2.75, 3.05) is 26.2 Å². The van der Waals surface area contributed by atoms with Gasteiger partial charge in [-0.05, 0) is 62.3 Å². The molecule has 1 aliphatic heterocycles. The van der Waals surface area contributed by atoms with E-state index in [1.165, 1.54) is 11.1 Å². The van der Waals surface area contributed by atoms with Crippen LogP contribution >= 0.6 is 0 Å². The van der Waals surface area contributed by atoms with Crippen LogP contribution in [-0.4, -0.2) is 42.4 Å². The minimum atomic E-state index is -0.0815. The average molecular weight is 354 g/mol. The summed E-state index contributed by atoms with van der Waals surface area (Å²) in [6.45, 7) is 3.96. The normalized spacial score (nSPS) is 15.9. The molecule has 0 amide bonds. The largest absolute Gasteiger partial charge is 0.493 e. The minimum absolute atomic E-state index is 0.0815. The van der Waals surface area contributed by atoms with Gasteiger partial charge in [-0.2, -0.15) is 0 Å². The predicted molar refractivity (Wildman–Crippen MR) is 107 cm³/mol. The lowest BCUT2D eigenvalue weighted by atomic mass is 10.0. The van der Waals surface area contributed by atoms with E-state index in [0.717, 1.165) is 70.5 Å². The summed E-state index contributed by atoms with van der Waals surface area (Å²) in [4.78, 5) is 2.46. The zero-order valence-electron chi connectivity index (χ0n) is 15.6. The van der Waals surface area contributed by atoms with Crippen molar-refractivity contribution in [3.8, 4) is 5.75 Å². The van der Waals surface area contributed by atoms with Crippen LogP contribution in [0.2, 0.25) is 0 Å². The summed E-state index contributed by atoms with van der Waals surface area (Å²) in [7, 11) is 0. The summed E-state index contributed by atoms with van der Waals surface area (Å²) in [6, 6.07) is 19.0. The second kappa shape index (κ2) is 10.3. The van der Waals surface area contributed by atoms with Gasteiger partial charge in [-0.15, -0.1) is 0 Å². The number of hydrogen-bond acceptors (Lipinski definition) is 3. The fraction of sp³-hybridized carbons (Fsp3) is 0.478. The van der Waals surface area contributed by atoms with Crippen LogP contribution in [0.15, 0.2) is 54.6 Å². The highest BCUT2D eigenvalue weighted by molar-refractivity contribution is 5.34. The van der Waals surface area contributed by atoms with E-state index in [4.69, 9.17) is 4.74 Å². The fourth-order valence-electron chi connectivity index (χ4n) is 3.54. The molecule has 1 heterocycles. The Morgan fingerprint density at radius 1 is 0.885 bits per heavy atom. The molecule has 3 nitrogen and oxygen atoms in total. The molecule has 0 saturated carbocycles. The van der Waals surface area contributed by atoms with Crippen LogP contribution in [0.4, 0.5) is 0 Å². The summed E-state index contributed by atoms with van der Waals surface area (Å²) < 4.78 is 6.07. The van der Waals surface area contributed by atoms with Gasteiger partial charge in [0.2, 0.25) is 0 Å². The Kier molecular flexibility index (Phi) is 7.53. The third kappa shape index (κ3) is 6.15. The van der Waals surface area contributed by atoms with Gasteiger partial charge in [0, 0.05) is 13.1 Å². The van der Waals surface area contributed by atoms with Crippen molar-refractivity contribution in [3.05, 3.63) is 65.7 Å². The second-order valence-electron chi connectivity index (χ2n) is 7.22. The molecule has 0 spiro atoms. The number of hydrogen-bond donors (Lipinski definition) is 1. The molecule has 0 radical (unpaired) electrons. The number of rotatable bonds is 9. The van der Waals surface area contributed by atoms with Gasteiger partial charge in [-0.25, -0.2) is 0 Å². The Morgan fingerprint density at radius 3 is 2.42 bits per heavy atom. The number of ether oxygens (including phenoxy) is 1. The van der Waals surface area contributed by atoms with Gasteiger partial charge in [-0.1, -0.05) is 48.5 Å². The Balaban J connectivity index is 1.38. The van der Waals surface area contributed by atoms with Gasteiger partial charge in [0.25, 0.3) is 0 Å². The Bertz CT molecular complexity index is 636. The maximum atomic E-state index is 9.56. The lowest BCUT2D eigenvalue weighted by Gasteiger charge is -2.29. The first kappa shape index (κ1) is 18.9. The number of aryl methyl sites for hydroxylation is 2. The van der Waals surface area contributed by atoms with Crippen molar-refractivity contribution < 1.29 is 9.84 Å². The predicted octanol–water partition coefficient (Wildman–Crippen LogP) is 4.09. The van der Waals surface area contributed by atoms with Gasteiger partial charge in [0.15, 0.2) is 0 Å². The Labute approximate surface area is 157 Å². The summed E-state index contributed by atoms with van der Waals surface area (Å²) in [5.41, 5.74) is 2.66. The minimum Gasteiger partial charge on any atom is -0.493 e. The first-order chi connectivity index (χ1) is 12.8. The summed E-state index contributed by atoms with van der Waals surface area (Å²) in [6.07, 6.45) is 6.05. The summed E-state index contributed by atoms with van der Waals surface area (Å²) in [5.74, 6) is 1.03. The lowest BCUT2D eigenvalue weighted by molar-refractivity contribution is 0.0812. The van der Waals surface area contributed by atoms with Crippen LogP contribution < -0.4 is 4.74 Å². The SMILES string of the molecule is OC1CCN(CCCCOc2ccccc2CCc2ccccc2)CC1. The average Bonchev–Trinajstić information content (AvgIpc) is 2.69. The number of para-hydroxylation sites is 1. The highest BCUT2D eigenvalue weighted by Gasteiger charge is 2.16. The third-order valence-corrected chi connectivity index (χ3v) is 5.18. The zero-order valence-corrected chi connectivity index (χ0v) is 15.6. The van der Waals surface area contributed by atoms with Crippen molar-refractivity contribution in [2.24, 2.45) is 0 Å². The van der Waals surface area contributed by atoms with E-state index in [-0.39, 0.29) is 6.10 Å². The van der Waals surface area contributed by atoms with Crippen molar-refractivity contribution in [2.45, 2.75) is 44.6 Å². The van der Waals surface area contributed by atoms with Gasteiger partial charge in [-0.3, -0.25) is 0 Å². The van der Waals surface area contributed by atoms with Gasteiger partial charge < -0.3 is 14.7 Å². The first-order valence-corrected chi connectivity index (χ1v) is 9.96. The zero-order chi connectivity index (χ0) is 18.0. The lowest BCUT2D eigenvalue weighted by Crippen LogP contribution is -2.36. The molecular formula is C23H31NO2. The van der Waals surface area contributed by atoms with E-state index in [9.17, 15) is 5.11 Å². The third-order valence-electron chi connectivity index (χ3n) is 5.18. The number of piperidine rings is 1. The molecule has 1 fully saturated rings. The maximum absolute atomic E-state index is 9.56. The van der Waals surface area contributed by atoms with E-state index >= 15 is 0 Å². The van der Waals surface area contributed by atoms with Gasteiger partial charge in [0.05, 0.1) is 12.7 Å². The highest BCUT2D eigenvalue weighted by atomic mass is 16.5. The molecule has 0 aromatic heterocycles. The van der Waals surface area contributed by atoms with Crippen LogP contribution in [0.3, 0.4) is 0 Å². The van der Waals surface area contributed by atoms with E-state index in [2.05, 4.69) is 59.5 Å². The van der Waals surface area contributed by atoms with Gasteiger partial charge in [0.1, 0.15) is 5.75 Å². The highest BCUT2D eigenvalue weighted by Crippen LogP contribution is 2.20. The topological polar surface area (TPSA) is 32.7 Å². The molecule has 1 aliphatic rings. The summed E-state index contributed by atoms with van der Waals surface area (Å²) >= 11 is 0. The molecule has 1 N–H and O–H groups in total. The van der Waals surface area contributed by atoms with Crippen molar-refractivity contribution in [1.29, 1.82) is 0 Å². The number of aliphatic hydroxyl groups excluding tert-OH is 1. The first-order valence-electron chi connectivity index (χ1n) is 9.96. The van der Waals surface area contributed by atoms with Crippen LogP contribution in [0.25, 0.3) is 0 Å². The van der Waals surface area contributed by atoms with Crippen molar-refractivity contribution in [1.82, 2.24) is 4.90 Å².